The molecule has 148 valence electrons. The summed E-state index contributed by atoms with van der Waals surface area (Å²) in [5.74, 6) is -5.27. The molecule has 0 radical (unpaired) electrons. The highest BCUT2D eigenvalue weighted by Gasteiger charge is 2.24. The molecule has 0 bridgehead atoms. The van der Waals surface area contributed by atoms with Gasteiger partial charge in [0, 0.05) is 5.56 Å². The lowest BCUT2D eigenvalue weighted by molar-refractivity contribution is 0.374. The SMILES string of the molecule is C=CC1CCC(c2cc(F)c(C(=C)Cc3cc(F)c(F)c(F)c3)c(F)c2)CC1. The summed E-state index contributed by atoms with van der Waals surface area (Å²) in [6.45, 7) is 7.45. The van der Waals surface area contributed by atoms with Gasteiger partial charge in [-0.1, -0.05) is 12.7 Å². The standard InChI is InChI=1S/C23H21F5/c1-3-14-4-6-16(7-5-14)17-11-18(24)22(19(25)12-17)13(2)8-15-9-20(26)23(28)21(27)10-15/h3,9-12,14,16H,1-2,4-8H2. The predicted molar refractivity (Wildman–Crippen MR) is 100 cm³/mol. The highest BCUT2D eigenvalue weighted by atomic mass is 19.2. The van der Waals surface area contributed by atoms with Crippen LogP contribution in [0.15, 0.2) is 43.5 Å². The quantitative estimate of drug-likeness (QED) is 0.289. The molecule has 28 heavy (non-hydrogen) atoms. The van der Waals surface area contributed by atoms with E-state index >= 15 is 0 Å². The zero-order valence-electron chi connectivity index (χ0n) is 15.4. The van der Waals surface area contributed by atoms with Gasteiger partial charge in [0.2, 0.25) is 0 Å². The fourth-order valence-corrected chi connectivity index (χ4v) is 3.90. The van der Waals surface area contributed by atoms with Gasteiger partial charge in [-0.25, -0.2) is 22.0 Å². The van der Waals surface area contributed by atoms with Crippen LogP contribution in [0, 0.1) is 35.0 Å². The molecule has 2 aromatic carbocycles. The highest BCUT2D eigenvalue weighted by Crippen LogP contribution is 2.38. The zero-order valence-corrected chi connectivity index (χ0v) is 15.4. The third-order valence-electron chi connectivity index (χ3n) is 5.46. The van der Waals surface area contributed by atoms with Crippen molar-refractivity contribution in [2.75, 3.05) is 0 Å². The second kappa shape index (κ2) is 8.29. The number of rotatable bonds is 5. The van der Waals surface area contributed by atoms with E-state index < -0.39 is 29.1 Å². The van der Waals surface area contributed by atoms with E-state index in [1.54, 1.807) is 0 Å². The fraction of sp³-hybridized carbons (Fsp3) is 0.304. The third kappa shape index (κ3) is 4.18. The van der Waals surface area contributed by atoms with Crippen LogP contribution < -0.4 is 0 Å². The van der Waals surface area contributed by atoms with E-state index in [2.05, 4.69) is 13.2 Å². The lowest BCUT2D eigenvalue weighted by atomic mass is 9.78. The van der Waals surface area contributed by atoms with E-state index in [4.69, 9.17) is 0 Å². The molecule has 5 heteroatoms. The maximum absolute atomic E-state index is 14.7. The van der Waals surface area contributed by atoms with Crippen LogP contribution in [0.4, 0.5) is 22.0 Å². The van der Waals surface area contributed by atoms with Gasteiger partial charge in [0.1, 0.15) is 11.6 Å². The van der Waals surface area contributed by atoms with E-state index in [1.165, 1.54) is 12.1 Å². The van der Waals surface area contributed by atoms with Crippen molar-refractivity contribution >= 4 is 5.57 Å². The van der Waals surface area contributed by atoms with Crippen molar-refractivity contribution in [1.29, 1.82) is 0 Å². The molecule has 1 aliphatic rings. The van der Waals surface area contributed by atoms with E-state index in [-0.39, 0.29) is 29.0 Å². The summed E-state index contributed by atoms with van der Waals surface area (Å²) in [7, 11) is 0. The Hall–Kier alpha value is -2.43. The van der Waals surface area contributed by atoms with E-state index in [0.29, 0.717) is 11.5 Å². The maximum atomic E-state index is 14.7. The Kier molecular flexibility index (Phi) is 6.01. The molecule has 0 N–H and O–H groups in total. The van der Waals surface area contributed by atoms with E-state index in [1.807, 2.05) is 6.08 Å². The largest absolute Gasteiger partial charge is 0.206 e. The number of benzene rings is 2. The molecule has 0 aromatic heterocycles. The van der Waals surface area contributed by atoms with Gasteiger partial charge in [-0.2, -0.15) is 0 Å². The molecule has 3 rings (SSSR count). The molecule has 0 spiro atoms. The van der Waals surface area contributed by atoms with Crippen LogP contribution in [0.3, 0.4) is 0 Å². The number of halogens is 5. The Morgan fingerprint density at radius 1 is 0.857 bits per heavy atom. The summed E-state index contributed by atoms with van der Waals surface area (Å²) >= 11 is 0. The lowest BCUT2D eigenvalue weighted by Gasteiger charge is -2.27. The first-order valence-electron chi connectivity index (χ1n) is 9.23. The van der Waals surface area contributed by atoms with Gasteiger partial charge in [0.05, 0.1) is 0 Å². The predicted octanol–water partition coefficient (Wildman–Crippen LogP) is 7.10. The Labute approximate surface area is 161 Å². The van der Waals surface area contributed by atoms with Crippen LogP contribution in [0.5, 0.6) is 0 Å². The summed E-state index contributed by atoms with van der Waals surface area (Å²) < 4.78 is 69.1. The monoisotopic (exact) mass is 392 g/mol. The van der Waals surface area contributed by atoms with Crippen LogP contribution in [-0.2, 0) is 6.42 Å². The molecular weight excluding hydrogens is 371 g/mol. The second-order valence-electron chi connectivity index (χ2n) is 7.36. The minimum atomic E-state index is -1.58. The topological polar surface area (TPSA) is 0 Å². The van der Waals surface area contributed by atoms with Gasteiger partial charge in [-0.05, 0) is 84.9 Å². The van der Waals surface area contributed by atoms with Gasteiger partial charge < -0.3 is 0 Å². The molecule has 0 unspecified atom stereocenters. The van der Waals surface area contributed by atoms with Crippen LogP contribution in [0.1, 0.15) is 48.3 Å². The average Bonchev–Trinajstić information content (AvgIpc) is 2.65. The summed E-state index contributed by atoms with van der Waals surface area (Å²) in [5.41, 5.74) is 0.371. The van der Waals surface area contributed by atoms with Crippen molar-refractivity contribution in [2.24, 2.45) is 5.92 Å². The molecule has 0 saturated heterocycles. The van der Waals surface area contributed by atoms with Crippen molar-refractivity contribution < 1.29 is 22.0 Å². The van der Waals surface area contributed by atoms with Crippen LogP contribution in [-0.4, -0.2) is 0 Å². The van der Waals surface area contributed by atoms with Crippen molar-refractivity contribution in [3.63, 3.8) is 0 Å². The normalized spacial score (nSPS) is 19.5. The Morgan fingerprint density at radius 2 is 1.39 bits per heavy atom. The molecule has 0 atom stereocenters. The third-order valence-corrected chi connectivity index (χ3v) is 5.46. The molecule has 0 heterocycles. The molecule has 0 amide bonds. The molecule has 2 aromatic rings. The minimum Gasteiger partial charge on any atom is -0.206 e. The first-order valence-corrected chi connectivity index (χ1v) is 9.23. The first kappa shape index (κ1) is 20.3. The second-order valence-corrected chi connectivity index (χ2v) is 7.36. The fourth-order valence-electron chi connectivity index (χ4n) is 3.90. The minimum absolute atomic E-state index is 0.0299. The summed E-state index contributed by atoms with van der Waals surface area (Å²) in [5, 5.41) is 0. The van der Waals surface area contributed by atoms with Gasteiger partial charge in [0.25, 0.3) is 0 Å². The zero-order chi connectivity index (χ0) is 20.4. The molecule has 1 fully saturated rings. The number of hydrogen-bond donors (Lipinski definition) is 0. The van der Waals surface area contributed by atoms with Crippen LogP contribution >= 0.6 is 0 Å². The molecule has 0 aliphatic heterocycles. The van der Waals surface area contributed by atoms with Crippen molar-refractivity contribution in [2.45, 2.75) is 38.0 Å². The smallest absolute Gasteiger partial charge is 0.194 e. The summed E-state index contributed by atoms with van der Waals surface area (Å²) in [4.78, 5) is 0. The van der Waals surface area contributed by atoms with E-state index in [0.717, 1.165) is 37.8 Å². The Morgan fingerprint density at radius 3 is 1.89 bits per heavy atom. The van der Waals surface area contributed by atoms with Crippen LogP contribution in [0.2, 0.25) is 0 Å². The number of allylic oxidation sites excluding steroid dienone is 2. The van der Waals surface area contributed by atoms with Gasteiger partial charge >= 0.3 is 0 Å². The van der Waals surface area contributed by atoms with Gasteiger partial charge in [-0.3, -0.25) is 0 Å². The Bertz CT molecular complexity index is 861. The molecule has 0 nitrogen and oxygen atoms in total. The van der Waals surface area contributed by atoms with Crippen molar-refractivity contribution in [3.8, 4) is 0 Å². The molecular formula is C23H21F5. The average molecular weight is 392 g/mol. The van der Waals surface area contributed by atoms with Crippen molar-refractivity contribution in [1.82, 2.24) is 0 Å². The first-order chi connectivity index (χ1) is 13.3. The van der Waals surface area contributed by atoms with E-state index in [9.17, 15) is 22.0 Å². The summed E-state index contributed by atoms with van der Waals surface area (Å²) in [6, 6.07) is 4.22. The maximum Gasteiger partial charge on any atom is 0.194 e. The van der Waals surface area contributed by atoms with Crippen molar-refractivity contribution in [3.05, 3.63) is 89.3 Å². The lowest BCUT2D eigenvalue weighted by Crippen LogP contribution is -2.12. The molecule has 1 aliphatic carbocycles. The van der Waals surface area contributed by atoms with Gasteiger partial charge in [0.15, 0.2) is 17.5 Å². The van der Waals surface area contributed by atoms with Crippen LogP contribution in [0.25, 0.3) is 5.57 Å². The summed E-state index contributed by atoms with van der Waals surface area (Å²) in [6.07, 6.45) is 5.27. The highest BCUT2D eigenvalue weighted by molar-refractivity contribution is 5.67. The number of hydrogen-bond acceptors (Lipinski definition) is 0. The van der Waals surface area contributed by atoms with Gasteiger partial charge in [-0.15, -0.1) is 6.58 Å². The Balaban J connectivity index is 1.81. The molecule has 1 saturated carbocycles.